The van der Waals surface area contributed by atoms with Crippen LogP contribution in [-0.4, -0.2) is 55.7 Å². The molecular weight excluding hydrogens is 549 g/mol. The summed E-state index contributed by atoms with van der Waals surface area (Å²) in [6.45, 7) is 12.8. The van der Waals surface area contributed by atoms with Crippen LogP contribution in [0.1, 0.15) is 52.3 Å². The molecule has 0 aliphatic carbocycles. The molecule has 40 heavy (non-hydrogen) atoms. The third kappa shape index (κ3) is 10.7. The second-order valence-electron chi connectivity index (χ2n) is 10.5. The number of alkyl halides is 3. The van der Waals surface area contributed by atoms with Gasteiger partial charge in [-0.2, -0.15) is 18.2 Å². The Balaban J connectivity index is 2.32. The smallest absolute Gasteiger partial charge is 0.392 e. The molecule has 2 rings (SSSR count). The summed E-state index contributed by atoms with van der Waals surface area (Å²) in [6.07, 6.45) is -5.39. The molecule has 9 nitrogen and oxygen atoms in total. The third-order valence-corrected chi connectivity index (χ3v) is 10.5. The van der Waals surface area contributed by atoms with Crippen LogP contribution < -0.4 is 13.9 Å². The van der Waals surface area contributed by atoms with Crippen LogP contribution in [0, 0.1) is 0 Å². The largest absolute Gasteiger partial charge is 0.543 e. The van der Waals surface area contributed by atoms with E-state index in [4.69, 9.17) is 23.4 Å². The van der Waals surface area contributed by atoms with Crippen LogP contribution in [-0.2, 0) is 32.1 Å². The molecule has 0 aliphatic heterocycles. The molecule has 222 valence electrons. The maximum Gasteiger partial charge on any atom is 0.392 e. The molecule has 1 heterocycles. The highest BCUT2D eigenvalue weighted by atomic mass is 28.4. The fraction of sp³-hybridized carbons (Fsp3) is 0.556. The predicted octanol–water partition coefficient (Wildman–Crippen LogP) is 5.81. The molecule has 0 unspecified atom stereocenters. The maximum absolute atomic E-state index is 12.5. The van der Waals surface area contributed by atoms with Gasteiger partial charge in [-0.1, -0.05) is 20.8 Å². The van der Waals surface area contributed by atoms with Gasteiger partial charge in [0.1, 0.15) is 24.7 Å². The summed E-state index contributed by atoms with van der Waals surface area (Å²) < 4.78 is 65.0. The van der Waals surface area contributed by atoms with E-state index < -0.39 is 45.6 Å². The second-order valence-corrected chi connectivity index (χ2v) is 15.2. The van der Waals surface area contributed by atoms with E-state index in [9.17, 15) is 22.8 Å². The minimum Gasteiger partial charge on any atom is -0.543 e. The molecule has 0 fully saturated rings. The number of benzene rings is 1. The van der Waals surface area contributed by atoms with Crippen LogP contribution >= 0.6 is 0 Å². The Morgan fingerprint density at radius 1 is 1.07 bits per heavy atom. The van der Waals surface area contributed by atoms with Crippen molar-refractivity contribution in [2.24, 2.45) is 0 Å². The highest BCUT2D eigenvalue weighted by Crippen LogP contribution is 2.38. The van der Waals surface area contributed by atoms with Gasteiger partial charge < -0.3 is 23.4 Å². The number of hydrogen-bond donors (Lipinski definition) is 0. The summed E-state index contributed by atoms with van der Waals surface area (Å²) >= 11 is 0. The van der Waals surface area contributed by atoms with Gasteiger partial charge in [0.2, 0.25) is 14.4 Å². The van der Waals surface area contributed by atoms with E-state index in [1.807, 2.05) is 0 Å². The molecule has 0 saturated carbocycles. The molecule has 1 aromatic heterocycles. The first kappa shape index (κ1) is 32.9. The van der Waals surface area contributed by atoms with Crippen molar-refractivity contribution < 1.29 is 46.1 Å². The van der Waals surface area contributed by atoms with E-state index >= 15 is 0 Å². The summed E-state index contributed by atoms with van der Waals surface area (Å²) in [6, 6.07) is 6.48. The third-order valence-electron chi connectivity index (χ3n) is 6.16. The predicted molar refractivity (Wildman–Crippen MR) is 143 cm³/mol. The molecule has 0 N–H and O–H groups in total. The van der Waals surface area contributed by atoms with Gasteiger partial charge in [0.15, 0.2) is 0 Å². The second kappa shape index (κ2) is 13.8. The first-order valence-corrected chi connectivity index (χ1v) is 15.7. The van der Waals surface area contributed by atoms with E-state index in [0.29, 0.717) is 22.8 Å². The Bertz CT molecular complexity index is 1150. The van der Waals surface area contributed by atoms with Crippen molar-refractivity contribution in [1.29, 1.82) is 0 Å². The van der Waals surface area contributed by atoms with Gasteiger partial charge in [-0.05, 0) is 49.3 Å². The van der Waals surface area contributed by atoms with Crippen LogP contribution in [0.15, 0.2) is 30.5 Å². The van der Waals surface area contributed by atoms with E-state index in [0.717, 1.165) is 0 Å². The number of hydrogen-bond acceptors (Lipinski definition) is 9. The Morgan fingerprint density at radius 2 is 1.77 bits per heavy atom. The van der Waals surface area contributed by atoms with Crippen LogP contribution in [0.3, 0.4) is 0 Å². The number of esters is 2. The number of aromatic nitrogens is 2. The number of rotatable bonds is 13. The van der Waals surface area contributed by atoms with Gasteiger partial charge in [-0.25, -0.2) is 9.78 Å². The van der Waals surface area contributed by atoms with E-state index in [1.165, 1.54) is 19.2 Å². The number of carbonyl (C=O) groups excluding carboxylic acids is 2. The average molecular weight is 587 g/mol. The minimum atomic E-state index is -4.36. The molecule has 1 atom stereocenters. The number of nitrogens with zero attached hydrogens (tertiary/aromatic N) is 2. The van der Waals surface area contributed by atoms with Gasteiger partial charge >= 0.3 is 24.1 Å². The van der Waals surface area contributed by atoms with Gasteiger partial charge in [0.05, 0.1) is 18.7 Å². The number of carbonyl (C=O) groups is 2. The molecular formula is C27H37F3N2O7Si. The Labute approximate surface area is 233 Å². The first-order valence-electron chi connectivity index (χ1n) is 12.8. The number of halogens is 3. The van der Waals surface area contributed by atoms with Crippen molar-refractivity contribution in [3.8, 4) is 17.5 Å². The highest BCUT2D eigenvalue weighted by molar-refractivity contribution is 6.74. The van der Waals surface area contributed by atoms with Crippen molar-refractivity contribution >= 4 is 20.3 Å². The zero-order valence-corrected chi connectivity index (χ0v) is 24.9. The van der Waals surface area contributed by atoms with Crippen LogP contribution in [0.25, 0.3) is 0 Å². The minimum absolute atomic E-state index is 0.0436. The Morgan fingerprint density at radius 3 is 2.38 bits per heavy atom. The summed E-state index contributed by atoms with van der Waals surface area (Å²) in [4.78, 5) is 32.2. The molecule has 1 aromatic carbocycles. The highest BCUT2D eigenvalue weighted by Gasteiger charge is 2.39. The summed E-state index contributed by atoms with van der Waals surface area (Å²) in [7, 11) is -2.21. The van der Waals surface area contributed by atoms with Gasteiger partial charge in [-0.3, -0.25) is 4.79 Å². The Hall–Kier alpha value is -3.35. The summed E-state index contributed by atoms with van der Waals surface area (Å²) in [5.74, 6) is -0.409. The van der Waals surface area contributed by atoms with E-state index in [-0.39, 0.29) is 30.7 Å². The molecule has 0 saturated heterocycles. The number of ether oxygens (including phenoxy) is 4. The lowest BCUT2D eigenvalue weighted by molar-refractivity contribution is -0.166. The fourth-order valence-electron chi connectivity index (χ4n) is 3.11. The molecule has 0 aliphatic rings. The monoisotopic (exact) mass is 586 g/mol. The zero-order valence-electron chi connectivity index (χ0n) is 23.9. The van der Waals surface area contributed by atoms with Crippen molar-refractivity contribution in [3.05, 3.63) is 41.7 Å². The SMILES string of the molecule is CCOC(=O)[C@@H](Cc1cc(O[Si](C)(C)C(C)(C)C)ccc1OCc1ccnc(OCCC(F)(F)F)n1)OC(C)=O. The van der Waals surface area contributed by atoms with Crippen molar-refractivity contribution in [1.82, 2.24) is 9.97 Å². The lowest BCUT2D eigenvalue weighted by Crippen LogP contribution is -2.43. The van der Waals surface area contributed by atoms with Crippen LogP contribution in [0.5, 0.6) is 17.5 Å². The quantitative estimate of drug-likeness (QED) is 0.212. The van der Waals surface area contributed by atoms with Crippen LogP contribution in [0.4, 0.5) is 13.2 Å². The fourth-order valence-corrected chi connectivity index (χ4v) is 4.13. The maximum atomic E-state index is 12.5. The average Bonchev–Trinajstić information content (AvgIpc) is 2.81. The lowest BCUT2D eigenvalue weighted by atomic mass is 10.1. The first-order chi connectivity index (χ1) is 18.5. The van der Waals surface area contributed by atoms with Crippen molar-refractivity contribution in [2.45, 2.75) is 84.5 Å². The molecule has 13 heteroatoms. The summed E-state index contributed by atoms with van der Waals surface area (Å²) in [5.41, 5.74) is 0.873. The molecule has 2 aromatic rings. The normalized spacial score (nSPS) is 12.8. The lowest BCUT2D eigenvalue weighted by Gasteiger charge is -2.36. The standard InChI is InChI=1S/C27H37F3N2O7Si/c1-8-35-24(34)23(38-18(2)33)16-19-15-21(39-40(6,7)26(3,4)5)9-10-22(19)37-17-20-11-13-31-25(32-20)36-14-12-27(28,29)30/h9-11,13,15,23H,8,12,14,16-17H2,1-7H3/t23-/m1/s1. The van der Waals surface area contributed by atoms with Crippen molar-refractivity contribution in [2.75, 3.05) is 13.2 Å². The van der Waals surface area contributed by atoms with Gasteiger partial charge in [0.25, 0.3) is 0 Å². The van der Waals surface area contributed by atoms with Gasteiger partial charge in [0, 0.05) is 25.1 Å². The van der Waals surface area contributed by atoms with Gasteiger partial charge in [-0.15, -0.1) is 0 Å². The van der Waals surface area contributed by atoms with E-state index in [1.54, 1.807) is 25.1 Å². The van der Waals surface area contributed by atoms with E-state index in [2.05, 4.69) is 43.8 Å². The molecule has 0 bridgehead atoms. The topological polar surface area (TPSA) is 106 Å². The van der Waals surface area contributed by atoms with Crippen molar-refractivity contribution in [3.63, 3.8) is 0 Å². The zero-order chi connectivity index (χ0) is 30.1. The van der Waals surface area contributed by atoms with Crippen LogP contribution in [0.2, 0.25) is 18.1 Å². The molecule has 0 amide bonds. The molecule has 0 spiro atoms. The molecule has 0 radical (unpaired) electrons. The Kier molecular flexibility index (Phi) is 11.4. The summed E-state index contributed by atoms with van der Waals surface area (Å²) in [5, 5.41) is -0.0690.